The molecule has 10 heteroatoms. The van der Waals surface area contributed by atoms with E-state index in [1.165, 1.54) is 7.11 Å². The molecule has 3 aromatic carbocycles. The number of rotatable bonds is 15. The topological polar surface area (TPSA) is 139 Å². The molecule has 4 rings (SSSR count). The predicted octanol–water partition coefficient (Wildman–Crippen LogP) is 5.72. The highest BCUT2D eigenvalue weighted by Crippen LogP contribution is 2.24. The standard InChI is InChI=1S/C41H50N4O6/c1-27-13-12-14-28(2)37(27)51-26-36(47)44-34(24-29-15-8-7-9-16-29)35(46)25-32(43-39(48)38(41(3,4)5)45-40(49)50-6)23-30-18-20-31(21-19-30)33-17-10-11-22-42-33/h7-22,32,34-35,38,46H,23-26H2,1-6H3,(H,43,48)(H,44,47)(H,45,49). The molecule has 4 unspecified atom stereocenters. The molecular weight excluding hydrogens is 644 g/mol. The summed E-state index contributed by atoms with van der Waals surface area (Å²) in [6, 6.07) is 26.8. The maximum absolute atomic E-state index is 13.8. The number of para-hydroxylation sites is 1. The zero-order chi connectivity index (χ0) is 37.0. The number of ether oxygens (including phenoxy) is 2. The number of benzene rings is 3. The van der Waals surface area contributed by atoms with Gasteiger partial charge in [-0.2, -0.15) is 0 Å². The summed E-state index contributed by atoms with van der Waals surface area (Å²) in [6.07, 6.45) is 0.797. The highest BCUT2D eigenvalue weighted by molar-refractivity contribution is 5.86. The van der Waals surface area contributed by atoms with E-state index in [0.29, 0.717) is 18.6 Å². The molecule has 4 N–H and O–H groups in total. The highest BCUT2D eigenvalue weighted by Gasteiger charge is 2.35. The number of aliphatic hydroxyl groups is 1. The van der Waals surface area contributed by atoms with Gasteiger partial charge in [-0.25, -0.2) is 4.79 Å². The van der Waals surface area contributed by atoms with E-state index in [1.807, 2.05) is 126 Å². The molecule has 51 heavy (non-hydrogen) atoms. The summed E-state index contributed by atoms with van der Waals surface area (Å²) in [5.41, 5.74) is 4.84. The molecule has 270 valence electrons. The summed E-state index contributed by atoms with van der Waals surface area (Å²) in [6.45, 7) is 9.16. The Morgan fingerprint density at radius 2 is 1.43 bits per heavy atom. The lowest BCUT2D eigenvalue weighted by Crippen LogP contribution is -2.56. The smallest absolute Gasteiger partial charge is 0.407 e. The molecule has 10 nitrogen and oxygen atoms in total. The molecule has 1 aromatic heterocycles. The van der Waals surface area contributed by atoms with Crippen molar-refractivity contribution in [1.82, 2.24) is 20.9 Å². The van der Waals surface area contributed by atoms with Crippen molar-refractivity contribution in [3.05, 3.63) is 119 Å². The molecule has 0 aliphatic rings. The van der Waals surface area contributed by atoms with Crippen LogP contribution in [0.5, 0.6) is 5.75 Å². The lowest BCUT2D eigenvalue weighted by molar-refractivity contribution is -0.127. The third-order valence-electron chi connectivity index (χ3n) is 8.71. The summed E-state index contributed by atoms with van der Waals surface area (Å²) in [7, 11) is 1.25. The Kier molecular flexibility index (Phi) is 13.7. The highest BCUT2D eigenvalue weighted by atomic mass is 16.5. The van der Waals surface area contributed by atoms with Gasteiger partial charge in [0.2, 0.25) is 5.91 Å². The van der Waals surface area contributed by atoms with Crippen LogP contribution in [0, 0.1) is 19.3 Å². The van der Waals surface area contributed by atoms with Crippen LogP contribution >= 0.6 is 0 Å². The molecule has 0 saturated carbocycles. The van der Waals surface area contributed by atoms with Gasteiger partial charge in [-0.15, -0.1) is 0 Å². The molecule has 0 radical (unpaired) electrons. The fraction of sp³-hybridized carbons (Fsp3) is 0.366. The lowest BCUT2D eigenvalue weighted by Gasteiger charge is -2.33. The molecule has 4 atom stereocenters. The number of nitrogens with zero attached hydrogens (tertiary/aromatic N) is 1. The van der Waals surface area contributed by atoms with Crippen LogP contribution in [0.4, 0.5) is 4.79 Å². The van der Waals surface area contributed by atoms with Crippen LogP contribution in [0.1, 0.15) is 49.4 Å². The second kappa shape index (κ2) is 18.1. The molecule has 0 aliphatic carbocycles. The minimum absolute atomic E-state index is 0.109. The van der Waals surface area contributed by atoms with Gasteiger partial charge < -0.3 is 30.5 Å². The summed E-state index contributed by atoms with van der Waals surface area (Å²) in [5, 5.41) is 20.6. The number of hydrogen-bond acceptors (Lipinski definition) is 7. The SMILES string of the molecule is COC(=O)NC(C(=O)NC(Cc1ccc(-c2ccccn2)cc1)CC(O)C(Cc1ccccc1)NC(=O)COc1c(C)cccc1C)C(C)(C)C. The van der Waals surface area contributed by atoms with E-state index in [9.17, 15) is 19.5 Å². The van der Waals surface area contributed by atoms with Crippen molar-refractivity contribution in [3.8, 4) is 17.0 Å². The van der Waals surface area contributed by atoms with Gasteiger partial charge in [0.1, 0.15) is 11.8 Å². The summed E-state index contributed by atoms with van der Waals surface area (Å²) >= 11 is 0. The van der Waals surface area contributed by atoms with Gasteiger partial charge >= 0.3 is 6.09 Å². The average molecular weight is 695 g/mol. The van der Waals surface area contributed by atoms with Crippen LogP contribution in [0.15, 0.2) is 97.2 Å². The zero-order valence-electron chi connectivity index (χ0n) is 30.3. The van der Waals surface area contributed by atoms with Crippen LogP contribution in [-0.4, -0.2) is 65.9 Å². The quantitative estimate of drug-likeness (QED) is 0.125. The summed E-state index contributed by atoms with van der Waals surface area (Å²) in [5.74, 6) is -0.141. The maximum atomic E-state index is 13.8. The molecule has 4 aromatic rings. The van der Waals surface area contributed by atoms with Gasteiger partial charge in [0.25, 0.3) is 5.91 Å². The molecule has 0 bridgehead atoms. The van der Waals surface area contributed by atoms with Crippen molar-refractivity contribution in [3.63, 3.8) is 0 Å². The third-order valence-corrected chi connectivity index (χ3v) is 8.71. The second-order valence-corrected chi connectivity index (χ2v) is 13.9. The van der Waals surface area contributed by atoms with Crippen LogP contribution in [0.25, 0.3) is 11.3 Å². The molecule has 0 spiro atoms. The maximum Gasteiger partial charge on any atom is 0.407 e. The normalized spacial score (nSPS) is 13.6. The Hall–Kier alpha value is -5.22. The van der Waals surface area contributed by atoms with Gasteiger partial charge in [0, 0.05) is 17.8 Å². The van der Waals surface area contributed by atoms with Gasteiger partial charge in [-0.05, 0) is 72.9 Å². The minimum atomic E-state index is -1.06. The van der Waals surface area contributed by atoms with E-state index in [1.54, 1.807) is 6.20 Å². The number of methoxy groups -OCH3 is 1. The van der Waals surface area contributed by atoms with Crippen LogP contribution in [0.3, 0.4) is 0 Å². The third kappa shape index (κ3) is 11.7. The number of aromatic nitrogens is 1. The second-order valence-electron chi connectivity index (χ2n) is 13.9. The summed E-state index contributed by atoms with van der Waals surface area (Å²) < 4.78 is 10.7. The van der Waals surface area contributed by atoms with Crippen LogP contribution in [0.2, 0.25) is 0 Å². The average Bonchev–Trinajstić information content (AvgIpc) is 3.10. The van der Waals surface area contributed by atoms with E-state index in [4.69, 9.17) is 9.47 Å². The van der Waals surface area contributed by atoms with Crippen molar-refractivity contribution in [2.45, 2.75) is 78.1 Å². The van der Waals surface area contributed by atoms with Crippen LogP contribution < -0.4 is 20.7 Å². The fourth-order valence-corrected chi connectivity index (χ4v) is 5.98. The Bertz CT molecular complexity index is 1700. The Balaban J connectivity index is 1.57. The van der Waals surface area contributed by atoms with E-state index in [-0.39, 0.29) is 18.9 Å². The van der Waals surface area contributed by atoms with E-state index < -0.39 is 41.6 Å². The first-order valence-electron chi connectivity index (χ1n) is 17.2. The van der Waals surface area contributed by atoms with E-state index >= 15 is 0 Å². The van der Waals surface area contributed by atoms with Crippen LogP contribution in [-0.2, 0) is 27.2 Å². The minimum Gasteiger partial charge on any atom is -0.483 e. The lowest BCUT2D eigenvalue weighted by atomic mass is 9.85. The first kappa shape index (κ1) is 38.6. The number of amides is 3. The van der Waals surface area contributed by atoms with Crippen molar-refractivity contribution >= 4 is 17.9 Å². The number of aliphatic hydroxyl groups excluding tert-OH is 1. The first-order chi connectivity index (χ1) is 24.3. The number of carbonyl (C=O) groups is 3. The first-order valence-corrected chi connectivity index (χ1v) is 17.2. The van der Waals surface area contributed by atoms with Gasteiger partial charge in [-0.3, -0.25) is 14.6 Å². The number of carbonyl (C=O) groups excluding carboxylic acids is 3. The van der Waals surface area contributed by atoms with Crippen molar-refractivity contribution in [2.75, 3.05) is 13.7 Å². The molecule has 0 saturated heterocycles. The molecule has 0 aliphatic heterocycles. The number of aryl methyl sites for hydroxylation is 2. The molecular formula is C41H50N4O6. The van der Waals surface area contributed by atoms with E-state index in [2.05, 4.69) is 20.9 Å². The Labute approximate surface area is 301 Å². The molecule has 0 fully saturated rings. The summed E-state index contributed by atoms with van der Waals surface area (Å²) in [4.78, 5) is 43.8. The molecule has 3 amide bonds. The van der Waals surface area contributed by atoms with Crippen molar-refractivity contribution in [1.29, 1.82) is 0 Å². The number of nitrogens with one attached hydrogen (secondary N) is 3. The van der Waals surface area contributed by atoms with Crippen molar-refractivity contribution in [2.24, 2.45) is 5.41 Å². The monoisotopic (exact) mass is 694 g/mol. The number of pyridine rings is 1. The zero-order valence-corrected chi connectivity index (χ0v) is 30.3. The largest absolute Gasteiger partial charge is 0.483 e. The molecule has 1 heterocycles. The Morgan fingerprint density at radius 3 is 2.04 bits per heavy atom. The van der Waals surface area contributed by atoms with E-state index in [0.717, 1.165) is 33.5 Å². The van der Waals surface area contributed by atoms with Gasteiger partial charge in [0.05, 0.1) is 24.9 Å². The van der Waals surface area contributed by atoms with Crippen molar-refractivity contribution < 1.29 is 29.0 Å². The van der Waals surface area contributed by atoms with Gasteiger partial charge in [-0.1, -0.05) is 99.6 Å². The Morgan fingerprint density at radius 1 is 0.784 bits per heavy atom. The predicted molar refractivity (Wildman–Crippen MR) is 198 cm³/mol. The number of alkyl carbamates (subject to hydrolysis) is 1. The number of hydrogen-bond donors (Lipinski definition) is 4. The fourth-order valence-electron chi connectivity index (χ4n) is 5.98. The van der Waals surface area contributed by atoms with Gasteiger partial charge in [0.15, 0.2) is 6.61 Å².